The molecule has 2 N–H and O–H groups in total. The molecular formula is C11H18N6. The van der Waals surface area contributed by atoms with E-state index in [0.29, 0.717) is 12.6 Å². The van der Waals surface area contributed by atoms with Gasteiger partial charge in [-0.3, -0.25) is 0 Å². The Labute approximate surface area is 100 Å². The van der Waals surface area contributed by atoms with Crippen LogP contribution in [0.1, 0.15) is 44.2 Å². The molecule has 2 aromatic heterocycles. The van der Waals surface area contributed by atoms with Gasteiger partial charge in [0.05, 0.1) is 36.7 Å². The van der Waals surface area contributed by atoms with E-state index in [1.165, 1.54) is 0 Å². The predicted octanol–water partition coefficient (Wildman–Crippen LogP) is 1.12. The fraction of sp³-hybridized carbons (Fsp3) is 0.545. The van der Waals surface area contributed by atoms with Gasteiger partial charge in [-0.1, -0.05) is 5.21 Å². The smallest absolute Gasteiger partial charge is 0.0991 e. The largest absolute Gasteiger partial charge is 0.330 e. The van der Waals surface area contributed by atoms with Gasteiger partial charge in [0.15, 0.2) is 0 Å². The SMILES string of the molecule is CC(N)c1cn(Cc2cncn2C(C)C)nn1. The fourth-order valence-electron chi connectivity index (χ4n) is 1.68. The van der Waals surface area contributed by atoms with Gasteiger partial charge in [0.2, 0.25) is 0 Å². The van der Waals surface area contributed by atoms with Crippen LogP contribution in [0.25, 0.3) is 0 Å². The normalized spacial score (nSPS) is 13.2. The first-order chi connectivity index (χ1) is 8.08. The highest BCUT2D eigenvalue weighted by Crippen LogP contribution is 2.11. The zero-order valence-electron chi connectivity index (χ0n) is 10.4. The van der Waals surface area contributed by atoms with Crippen molar-refractivity contribution in [1.29, 1.82) is 0 Å². The van der Waals surface area contributed by atoms with Gasteiger partial charge in [-0.15, -0.1) is 5.10 Å². The first-order valence-electron chi connectivity index (χ1n) is 5.74. The van der Waals surface area contributed by atoms with Gasteiger partial charge in [0, 0.05) is 12.1 Å². The van der Waals surface area contributed by atoms with Crippen molar-refractivity contribution < 1.29 is 0 Å². The van der Waals surface area contributed by atoms with Gasteiger partial charge in [-0.05, 0) is 20.8 Å². The third kappa shape index (κ3) is 2.52. The molecule has 0 aliphatic heterocycles. The Morgan fingerprint density at radius 3 is 2.71 bits per heavy atom. The van der Waals surface area contributed by atoms with Gasteiger partial charge in [-0.2, -0.15) is 0 Å². The number of rotatable bonds is 4. The summed E-state index contributed by atoms with van der Waals surface area (Å²) in [5.74, 6) is 0. The van der Waals surface area contributed by atoms with Crippen molar-refractivity contribution in [3.05, 3.63) is 30.1 Å². The molecular weight excluding hydrogens is 216 g/mol. The summed E-state index contributed by atoms with van der Waals surface area (Å²) in [6.45, 7) is 6.81. The molecule has 0 fully saturated rings. The van der Waals surface area contributed by atoms with Crippen LogP contribution in [0.15, 0.2) is 18.7 Å². The molecule has 0 saturated carbocycles. The van der Waals surface area contributed by atoms with Gasteiger partial charge in [0.1, 0.15) is 0 Å². The minimum Gasteiger partial charge on any atom is -0.330 e. The summed E-state index contributed by atoms with van der Waals surface area (Å²) in [5, 5.41) is 8.09. The lowest BCUT2D eigenvalue weighted by molar-refractivity contribution is 0.541. The number of aromatic nitrogens is 5. The van der Waals surface area contributed by atoms with E-state index in [-0.39, 0.29) is 6.04 Å². The summed E-state index contributed by atoms with van der Waals surface area (Å²) in [4.78, 5) is 4.16. The Hall–Kier alpha value is -1.69. The first-order valence-corrected chi connectivity index (χ1v) is 5.74. The molecule has 0 bridgehead atoms. The number of nitrogens with zero attached hydrogens (tertiary/aromatic N) is 5. The summed E-state index contributed by atoms with van der Waals surface area (Å²) in [6.07, 6.45) is 5.57. The maximum atomic E-state index is 5.75. The van der Waals surface area contributed by atoms with Crippen LogP contribution in [-0.2, 0) is 6.54 Å². The molecule has 1 atom stereocenters. The molecule has 0 aliphatic carbocycles. The number of hydrogen-bond acceptors (Lipinski definition) is 4. The Bertz CT molecular complexity index is 482. The summed E-state index contributed by atoms with van der Waals surface area (Å²) < 4.78 is 3.90. The molecule has 6 nitrogen and oxygen atoms in total. The average Bonchev–Trinajstić information content (AvgIpc) is 2.86. The van der Waals surface area contributed by atoms with E-state index < -0.39 is 0 Å². The summed E-state index contributed by atoms with van der Waals surface area (Å²) >= 11 is 0. The fourth-order valence-corrected chi connectivity index (χ4v) is 1.68. The second-order valence-electron chi connectivity index (χ2n) is 4.52. The molecule has 0 spiro atoms. The molecule has 92 valence electrons. The second kappa shape index (κ2) is 4.67. The van der Waals surface area contributed by atoms with Gasteiger partial charge in [-0.25, -0.2) is 9.67 Å². The lowest BCUT2D eigenvalue weighted by Gasteiger charge is -2.11. The molecule has 0 aliphatic rings. The van der Waals surface area contributed by atoms with E-state index in [1.54, 1.807) is 4.68 Å². The van der Waals surface area contributed by atoms with Crippen molar-refractivity contribution in [2.75, 3.05) is 0 Å². The highest BCUT2D eigenvalue weighted by atomic mass is 15.4. The van der Waals surface area contributed by atoms with E-state index in [4.69, 9.17) is 5.73 Å². The van der Waals surface area contributed by atoms with Crippen molar-refractivity contribution in [2.45, 2.75) is 39.4 Å². The van der Waals surface area contributed by atoms with Crippen LogP contribution in [0.4, 0.5) is 0 Å². The van der Waals surface area contributed by atoms with E-state index in [0.717, 1.165) is 11.4 Å². The monoisotopic (exact) mass is 234 g/mol. The molecule has 17 heavy (non-hydrogen) atoms. The number of nitrogens with two attached hydrogens (primary N) is 1. The van der Waals surface area contributed by atoms with Crippen molar-refractivity contribution >= 4 is 0 Å². The standard InChI is InChI=1S/C11H18N6/c1-8(2)17-7-13-4-10(17)5-16-6-11(9(3)12)14-15-16/h4,6-9H,5,12H2,1-3H3. The quantitative estimate of drug-likeness (QED) is 0.860. The van der Waals surface area contributed by atoms with Crippen LogP contribution in [-0.4, -0.2) is 24.5 Å². The van der Waals surface area contributed by atoms with Crippen LogP contribution >= 0.6 is 0 Å². The third-order valence-corrected chi connectivity index (χ3v) is 2.65. The molecule has 6 heteroatoms. The molecule has 0 aromatic carbocycles. The van der Waals surface area contributed by atoms with Crippen molar-refractivity contribution in [3.8, 4) is 0 Å². The van der Waals surface area contributed by atoms with Gasteiger partial charge >= 0.3 is 0 Å². The van der Waals surface area contributed by atoms with Gasteiger partial charge < -0.3 is 10.3 Å². The zero-order valence-corrected chi connectivity index (χ0v) is 10.4. The van der Waals surface area contributed by atoms with Crippen LogP contribution in [0.2, 0.25) is 0 Å². The van der Waals surface area contributed by atoms with E-state index in [1.807, 2.05) is 25.6 Å². The van der Waals surface area contributed by atoms with Crippen LogP contribution in [0.3, 0.4) is 0 Å². The molecule has 2 rings (SSSR count). The third-order valence-electron chi connectivity index (χ3n) is 2.65. The highest BCUT2D eigenvalue weighted by Gasteiger charge is 2.09. The second-order valence-corrected chi connectivity index (χ2v) is 4.52. The lowest BCUT2D eigenvalue weighted by Crippen LogP contribution is -2.09. The predicted molar refractivity (Wildman–Crippen MR) is 64.3 cm³/mol. The summed E-state index contributed by atoms with van der Waals surface area (Å²) in [7, 11) is 0. The molecule has 2 heterocycles. The van der Waals surface area contributed by atoms with E-state index in [9.17, 15) is 0 Å². The zero-order chi connectivity index (χ0) is 12.4. The van der Waals surface area contributed by atoms with Crippen molar-refractivity contribution in [3.63, 3.8) is 0 Å². The average molecular weight is 234 g/mol. The minimum absolute atomic E-state index is 0.0845. The molecule has 0 amide bonds. The Balaban J connectivity index is 2.17. The molecule has 0 saturated heterocycles. The first kappa shape index (κ1) is 11.8. The molecule has 1 unspecified atom stereocenters. The number of imidazole rings is 1. The van der Waals surface area contributed by atoms with Crippen molar-refractivity contribution in [1.82, 2.24) is 24.5 Å². The summed E-state index contributed by atoms with van der Waals surface area (Å²) in [6, 6.07) is 0.308. The maximum absolute atomic E-state index is 5.75. The molecule has 2 aromatic rings. The topological polar surface area (TPSA) is 74.6 Å². The minimum atomic E-state index is -0.0845. The van der Waals surface area contributed by atoms with E-state index >= 15 is 0 Å². The van der Waals surface area contributed by atoms with Crippen LogP contribution < -0.4 is 5.73 Å². The lowest BCUT2D eigenvalue weighted by atomic mass is 10.3. The maximum Gasteiger partial charge on any atom is 0.0991 e. The van der Waals surface area contributed by atoms with Gasteiger partial charge in [0.25, 0.3) is 0 Å². The Kier molecular flexibility index (Phi) is 3.23. The van der Waals surface area contributed by atoms with Crippen molar-refractivity contribution in [2.24, 2.45) is 5.73 Å². The highest BCUT2D eigenvalue weighted by molar-refractivity contribution is 5.03. The van der Waals surface area contributed by atoms with Crippen LogP contribution in [0.5, 0.6) is 0 Å². The number of hydrogen-bond donors (Lipinski definition) is 1. The Morgan fingerprint density at radius 2 is 2.12 bits per heavy atom. The van der Waals surface area contributed by atoms with Crippen LogP contribution in [0, 0.1) is 0 Å². The summed E-state index contributed by atoms with van der Waals surface area (Å²) in [5.41, 5.74) is 7.66. The Morgan fingerprint density at radius 1 is 1.35 bits per heavy atom. The van der Waals surface area contributed by atoms with E-state index in [2.05, 4.69) is 33.7 Å². The molecule has 0 radical (unpaired) electrons.